The second kappa shape index (κ2) is 10.3. The van der Waals surface area contributed by atoms with Crippen molar-refractivity contribution in [3.05, 3.63) is 41.5 Å². The Labute approximate surface area is 188 Å². The minimum atomic E-state index is -0.873. The quantitative estimate of drug-likeness (QED) is 0.351. The van der Waals surface area contributed by atoms with E-state index < -0.39 is 35.5 Å². The topological polar surface area (TPSA) is 123 Å². The van der Waals surface area contributed by atoms with E-state index in [2.05, 4.69) is 16.7 Å². The Hall–Kier alpha value is -2.71. The first-order chi connectivity index (χ1) is 15.2. The summed E-state index contributed by atoms with van der Waals surface area (Å²) < 4.78 is 10.5. The summed E-state index contributed by atoms with van der Waals surface area (Å²) in [7, 11) is 1.58. The number of rotatable bonds is 11. The van der Waals surface area contributed by atoms with E-state index in [1.807, 2.05) is 12.1 Å². The van der Waals surface area contributed by atoms with Gasteiger partial charge in [-0.25, -0.2) is 0 Å². The first kappa shape index (κ1) is 23.9. The van der Waals surface area contributed by atoms with Crippen LogP contribution in [0.1, 0.15) is 45.1 Å². The van der Waals surface area contributed by atoms with Crippen molar-refractivity contribution in [1.82, 2.24) is 10.6 Å². The van der Waals surface area contributed by atoms with Gasteiger partial charge in [-0.05, 0) is 57.2 Å². The molecule has 0 bridgehead atoms. The Bertz CT molecular complexity index is 874. The summed E-state index contributed by atoms with van der Waals surface area (Å²) in [6.45, 7) is 3.65. The van der Waals surface area contributed by atoms with Gasteiger partial charge in [-0.2, -0.15) is 0 Å². The highest BCUT2D eigenvalue weighted by atomic mass is 16.6. The third kappa shape index (κ3) is 6.17. The smallest absolute Gasteiger partial charge is 0.243 e. The molecule has 8 nitrogen and oxygen atoms in total. The second-order valence-electron chi connectivity index (χ2n) is 8.81. The number of nitrogens with one attached hydrogen (secondary N) is 2. The summed E-state index contributed by atoms with van der Waals surface area (Å²) in [4.78, 5) is 38.6. The van der Waals surface area contributed by atoms with Crippen LogP contribution < -0.4 is 21.1 Å². The first-order valence-electron chi connectivity index (χ1n) is 11.1. The van der Waals surface area contributed by atoms with Crippen molar-refractivity contribution in [3.8, 4) is 5.75 Å². The number of nitrogens with two attached hydrogens (primary N) is 1. The SMILES string of the molecule is COc1ccc(CC(NC(=O)C(C)N)C(=O)NC(CC2=CCCC2)C(=O)C2(C)CO2)cc1. The summed E-state index contributed by atoms with van der Waals surface area (Å²) in [5.41, 5.74) is 6.86. The fourth-order valence-electron chi connectivity index (χ4n) is 3.80. The molecule has 8 heteroatoms. The highest BCUT2D eigenvalue weighted by molar-refractivity contribution is 5.98. The molecule has 4 unspecified atom stereocenters. The standard InChI is InChI=1S/C24H33N3O5/c1-15(25)22(29)27-20(13-17-8-10-18(31-3)11-9-17)23(30)26-19(12-16-6-4-5-7-16)21(28)24(2)14-32-24/h6,8-11,15,19-20H,4-5,7,12-14,25H2,1-3H3,(H,26,30)(H,27,29). The van der Waals surface area contributed by atoms with Gasteiger partial charge < -0.3 is 25.8 Å². The number of epoxide rings is 1. The highest BCUT2D eigenvalue weighted by Gasteiger charge is 2.50. The predicted octanol–water partition coefficient (Wildman–Crippen LogP) is 1.41. The fourth-order valence-corrected chi connectivity index (χ4v) is 3.80. The molecule has 1 aliphatic heterocycles. The number of ether oxygens (including phenoxy) is 2. The average Bonchev–Trinajstić information content (AvgIpc) is 3.31. The zero-order valence-electron chi connectivity index (χ0n) is 19.0. The molecule has 3 rings (SSSR count). The zero-order chi connectivity index (χ0) is 23.3. The minimum absolute atomic E-state index is 0.139. The molecule has 174 valence electrons. The molecule has 32 heavy (non-hydrogen) atoms. The molecular weight excluding hydrogens is 410 g/mol. The molecule has 2 aliphatic rings. The lowest BCUT2D eigenvalue weighted by Gasteiger charge is -2.25. The summed E-state index contributed by atoms with van der Waals surface area (Å²) in [6, 6.07) is 4.92. The third-order valence-corrected chi connectivity index (χ3v) is 5.98. The van der Waals surface area contributed by atoms with Crippen molar-refractivity contribution in [3.63, 3.8) is 0 Å². The molecule has 1 fully saturated rings. The number of ketones is 1. The van der Waals surface area contributed by atoms with Crippen LogP contribution in [0.15, 0.2) is 35.9 Å². The van der Waals surface area contributed by atoms with Gasteiger partial charge in [0.15, 0.2) is 5.78 Å². The van der Waals surface area contributed by atoms with Crippen LogP contribution in [0.2, 0.25) is 0 Å². The van der Waals surface area contributed by atoms with E-state index in [0.29, 0.717) is 18.8 Å². The van der Waals surface area contributed by atoms with Gasteiger partial charge in [-0.15, -0.1) is 0 Å². The monoisotopic (exact) mass is 443 g/mol. The Balaban J connectivity index is 1.76. The number of carbonyl (C=O) groups excluding carboxylic acids is 3. The number of carbonyl (C=O) groups is 3. The molecule has 1 saturated heterocycles. The van der Waals surface area contributed by atoms with Crippen LogP contribution in [0.4, 0.5) is 0 Å². The maximum atomic E-state index is 13.3. The predicted molar refractivity (Wildman–Crippen MR) is 120 cm³/mol. The molecule has 4 atom stereocenters. The average molecular weight is 444 g/mol. The van der Waals surface area contributed by atoms with E-state index in [-0.39, 0.29) is 12.2 Å². The molecule has 1 aromatic carbocycles. The number of hydrogen-bond donors (Lipinski definition) is 3. The van der Waals surface area contributed by atoms with E-state index >= 15 is 0 Å². The molecule has 1 heterocycles. The van der Waals surface area contributed by atoms with E-state index in [0.717, 1.165) is 24.8 Å². The van der Waals surface area contributed by atoms with Gasteiger partial charge in [0, 0.05) is 6.42 Å². The lowest BCUT2D eigenvalue weighted by atomic mass is 9.94. The molecule has 1 aromatic rings. The number of Topliss-reactive ketones (excluding diaryl/α,β-unsaturated/α-hetero) is 1. The maximum absolute atomic E-state index is 13.3. The van der Waals surface area contributed by atoms with Gasteiger partial charge in [0.2, 0.25) is 11.8 Å². The molecule has 2 amide bonds. The molecule has 0 aromatic heterocycles. The summed E-state index contributed by atoms with van der Waals surface area (Å²) >= 11 is 0. The lowest BCUT2D eigenvalue weighted by molar-refractivity contribution is -0.133. The van der Waals surface area contributed by atoms with Crippen LogP contribution in [0.25, 0.3) is 0 Å². The summed E-state index contributed by atoms with van der Waals surface area (Å²) in [6.07, 6.45) is 5.82. The number of amides is 2. The van der Waals surface area contributed by atoms with Crippen LogP contribution in [-0.4, -0.2) is 55.0 Å². The first-order valence-corrected chi connectivity index (χ1v) is 11.1. The van der Waals surface area contributed by atoms with Gasteiger partial charge in [0.25, 0.3) is 0 Å². The highest BCUT2D eigenvalue weighted by Crippen LogP contribution is 2.31. The lowest BCUT2D eigenvalue weighted by Crippen LogP contribution is -2.56. The number of allylic oxidation sites excluding steroid dienone is 1. The van der Waals surface area contributed by atoms with Gasteiger partial charge in [0.1, 0.15) is 17.4 Å². The van der Waals surface area contributed by atoms with E-state index in [1.165, 1.54) is 5.57 Å². The molecule has 0 saturated carbocycles. The van der Waals surface area contributed by atoms with Crippen molar-refractivity contribution >= 4 is 17.6 Å². The van der Waals surface area contributed by atoms with Gasteiger partial charge in [-0.1, -0.05) is 23.8 Å². The van der Waals surface area contributed by atoms with Crippen LogP contribution in [0, 0.1) is 0 Å². The molecule has 0 spiro atoms. The van der Waals surface area contributed by atoms with Gasteiger partial charge in [-0.3, -0.25) is 14.4 Å². The largest absolute Gasteiger partial charge is 0.497 e. The summed E-state index contributed by atoms with van der Waals surface area (Å²) in [5, 5.41) is 5.61. The van der Waals surface area contributed by atoms with E-state index in [4.69, 9.17) is 15.2 Å². The van der Waals surface area contributed by atoms with E-state index in [1.54, 1.807) is 33.1 Å². The van der Waals surface area contributed by atoms with Crippen LogP contribution in [0.3, 0.4) is 0 Å². The van der Waals surface area contributed by atoms with E-state index in [9.17, 15) is 14.4 Å². The van der Waals surface area contributed by atoms with Crippen LogP contribution in [-0.2, 0) is 25.5 Å². The Morgan fingerprint density at radius 2 is 1.78 bits per heavy atom. The Morgan fingerprint density at radius 1 is 1.12 bits per heavy atom. The Kier molecular flexibility index (Phi) is 7.69. The molecule has 0 radical (unpaired) electrons. The van der Waals surface area contributed by atoms with Crippen molar-refractivity contribution in [2.24, 2.45) is 5.73 Å². The second-order valence-corrected chi connectivity index (χ2v) is 8.81. The number of benzene rings is 1. The molecular formula is C24H33N3O5. The molecule has 4 N–H and O–H groups in total. The summed E-state index contributed by atoms with van der Waals surface area (Å²) in [5.74, 6) is -0.295. The normalized spacial score (nSPS) is 22.3. The number of hydrogen-bond acceptors (Lipinski definition) is 6. The number of methoxy groups -OCH3 is 1. The van der Waals surface area contributed by atoms with Crippen molar-refractivity contribution in [1.29, 1.82) is 0 Å². The zero-order valence-corrected chi connectivity index (χ0v) is 19.0. The Morgan fingerprint density at radius 3 is 2.31 bits per heavy atom. The van der Waals surface area contributed by atoms with Gasteiger partial charge >= 0.3 is 0 Å². The van der Waals surface area contributed by atoms with Crippen molar-refractivity contribution in [2.75, 3.05) is 13.7 Å². The van der Waals surface area contributed by atoms with Gasteiger partial charge in [0.05, 0.1) is 25.8 Å². The maximum Gasteiger partial charge on any atom is 0.243 e. The minimum Gasteiger partial charge on any atom is -0.497 e. The van der Waals surface area contributed by atoms with Crippen LogP contribution >= 0.6 is 0 Å². The van der Waals surface area contributed by atoms with Crippen molar-refractivity contribution < 1.29 is 23.9 Å². The van der Waals surface area contributed by atoms with Crippen molar-refractivity contribution in [2.45, 2.75) is 69.7 Å². The molecule has 1 aliphatic carbocycles. The fraction of sp³-hybridized carbons (Fsp3) is 0.542. The third-order valence-electron chi connectivity index (χ3n) is 5.98. The van der Waals surface area contributed by atoms with Crippen LogP contribution in [0.5, 0.6) is 5.75 Å².